The third kappa shape index (κ3) is 2.64. The second kappa shape index (κ2) is 5.46. The van der Waals surface area contributed by atoms with E-state index in [0.717, 1.165) is 25.9 Å². The van der Waals surface area contributed by atoms with Gasteiger partial charge in [-0.1, -0.05) is 19.1 Å². The first-order valence-corrected chi connectivity index (χ1v) is 7.56. The molecule has 1 aromatic rings. The van der Waals surface area contributed by atoms with Crippen LogP contribution in [0.5, 0.6) is 0 Å². The van der Waals surface area contributed by atoms with Gasteiger partial charge in [0.05, 0.1) is 12.2 Å². The van der Waals surface area contributed by atoms with Crippen molar-refractivity contribution in [1.29, 1.82) is 0 Å². The summed E-state index contributed by atoms with van der Waals surface area (Å²) in [5.74, 6) is 0.155. The molecule has 2 aliphatic rings. The maximum Gasteiger partial charge on any atom is 0.276 e. The van der Waals surface area contributed by atoms with E-state index in [-0.39, 0.29) is 23.8 Å². The highest BCUT2D eigenvalue weighted by atomic mass is 16.2. The first-order chi connectivity index (χ1) is 10.1. The molecule has 7 nitrogen and oxygen atoms in total. The van der Waals surface area contributed by atoms with Gasteiger partial charge in [0, 0.05) is 32.1 Å². The molecule has 0 saturated carbocycles. The van der Waals surface area contributed by atoms with Gasteiger partial charge in [0.2, 0.25) is 5.91 Å². The molecule has 2 saturated heterocycles. The lowest BCUT2D eigenvalue weighted by Crippen LogP contribution is -2.52. The molecule has 0 aliphatic carbocycles. The van der Waals surface area contributed by atoms with Crippen LogP contribution in [0.3, 0.4) is 0 Å². The molecule has 7 heteroatoms. The van der Waals surface area contributed by atoms with Crippen molar-refractivity contribution in [3.8, 4) is 0 Å². The zero-order chi connectivity index (χ0) is 15.0. The van der Waals surface area contributed by atoms with E-state index >= 15 is 0 Å². The normalized spacial score (nSPS) is 19.2. The van der Waals surface area contributed by atoms with E-state index in [2.05, 4.69) is 10.3 Å². The second-order valence-corrected chi connectivity index (χ2v) is 6.13. The SMILES string of the molecule is CC(C)C(=O)N1CC(n2cc(C(=O)N3CCCC3)nn2)C1. The summed E-state index contributed by atoms with van der Waals surface area (Å²) in [5, 5.41) is 8.04. The van der Waals surface area contributed by atoms with Gasteiger partial charge in [-0.3, -0.25) is 9.59 Å². The molecule has 3 rings (SSSR count). The molecule has 0 unspecified atom stereocenters. The van der Waals surface area contributed by atoms with E-state index in [1.165, 1.54) is 0 Å². The minimum atomic E-state index is -0.0341. The summed E-state index contributed by atoms with van der Waals surface area (Å²) in [6.45, 7) is 6.73. The van der Waals surface area contributed by atoms with Crippen LogP contribution in [0, 0.1) is 5.92 Å². The van der Waals surface area contributed by atoms with E-state index in [0.29, 0.717) is 18.8 Å². The van der Waals surface area contributed by atoms with Crippen LogP contribution in [-0.2, 0) is 4.79 Å². The Hall–Kier alpha value is -1.92. The summed E-state index contributed by atoms with van der Waals surface area (Å²) in [6.07, 6.45) is 3.84. The number of hydrogen-bond donors (Lipinski definition) is 0. The predicted octanol–water partition coefficient (Wildman–Crippen LogP) is 0.553. The number of hydrogen-bond acceptors (Lipinski definition) is 4. The maximum atomic E-state index is 12.2. The lowest BCUT2D eigenvalue weighted by molar-refractivity contribution is -0.140. The Bertz CT molecular complexity index is 541. The Labute approximate surface area is 123 Å². The fraction of sp³-hybridized carbons (Fsp3) is 0.714. The van der Waals surface area contributed by atoms with Crippen molar-refractivity contribution in [2.75, 3.05) is 26.2 Å². The van der Waals surface area contributed by atoms with Crippen LogP contribution in [0.15, 0.2) is 6.20 Å². The number of amides is 2. The average molecular weight is 291 g/mol. The molecule has 1 aromatic heterocycles. The number of aromatic nitrogens is 3. The van der Waals surface area contributed by atoms with Crippen molar-refractivity contribution in [2.24, 2.45) is 5.92 Å². The van der Waals surface area contributed by atoms with E-state index in [1.807, 2.05) is 23.6 Å². The van der Waals surface area contributed by atoms with Crippen LogP contribution < -0.4 is 0 Å². The fourth-order valence-electron chi connectivity index (χ4n) is 2.80. The van der Waals surface area contributed by atoms with Gasteiger partial charge in [0.25, 0.3) is 5.91 Å². The van der Waals surface area contributed by atoms with E-state index < -0.39 is 0 Å². The average Bonchev–Trinajstić information content (AvgIpc) is 3.07. The zero-order valence-corrected chi connectivity index (χ0v) is 12.5. The molecule has 2 fully saturated rings. The number of rotatable bonds is 3. The summed E-state index contributed by atoms with van der Waals surface area (Å²) in [5.41, 5.74) is 0.408. The monoisotopic (exact) mass is 291 g/mol. The second-order valence-electron chi connectivity index (χ2n) is 6.13. The van der Waals surface area contributed by atoms with E-state index in [1.54, 1.807) is 10.9 Å². The van der Waals surface area contributed by atoms with Crippen LogP contribution in [0.1, 0.15) is 43.2 Å². The highest BCUT2D eigenvalue weighted by Crippen LogP contribution is 2.22. The molecular weight excluding hydrogens is 270 g/mol. The van der Waals surface area contributed by atoms with Crippen molar-refractivity contribution in [3.63, 3.8) is 0 Å². The number of likely N-dealkylation sites (tertiary alicyclic amines) is 2. The van der Waals surface area contributed by atoms with Crippen LogP contribution in [0.2, 0.25) is 0 Å². The lowest BCUT2D eigenvalue weighted by atomic mass is 10.1. The van der Waals surface area contributed by atoms with E-state index in [4.69, 9.17) is 0 Å². The molecule has 0 atom stereocenters. The van der Waals surface area contributed by atoms with Crippen LogP contribution in [-0.4, -0.2) is 62.8 Å². The van der Waals surface area contributed by atoms with Crippen LogP contribution in [0.4, 0.5) is 0 Å². The molecule has 0 radical (unpaired) electrons. The van der Waals surface area contributed by atoms with Gasteiger partial charge < -0.3 is 9.80 Å². The first kappa shape index (κ1) is 14.0. The number of nitrogens with zero attached hydrogens (tertiary/aromatic N) is 5. The molecule has 0 aromatic carbocycles. The Balaban J connectivity index is 1.59. The number of carbonyl (C=O) groups excluding carboxylic acids is 2. The van der Waals surface area contributed by atoms with Crippen LogP contribution in [0.25, 0.3) is 0 Å². The Morgan fingerprint density at radius 1 is 1.19 bits per heavy atom. The van der Waals surface area contributed by atoms with Gasteiger partial charge in [-0.25, -0.2) is 4.68 Å². The third-order valence-electron chi connectivity index (χ3n) is 4.16. The van der Waals surface area contributed by atoms with Crippen molar-refractivity contribution >= 4 is 11.8 Å². The van der Waals surface area contributed by atoms with Gasteiger partial charge >= 0.3 is 0 Å². The van der Waals surface area contributed by atoms with Crippen LogP contribution >= 0.6 is 0 Å². The first-order valence-electron chi connectivity index (χ1n) is 7.56. The summed E-state index contributed by atoms with van der Waals surface area (Å²) in [6, 6.07) is 0.139. The quantitative estimate of drug-likeness (QED) is 0.815. The lowest BCUT2D eigenvalue weighted by Gasteiger charge is -2.39. The third-order valence-corrected chi connectivity index (χ3v) is 4.16. The van der Waals surface area contributed by atoms with Gasteiger partial charge in [0.15, 0.2) is 5.69 Å². The van der Waals surface area contributed by atoms with Crippen molar-refractivity contribution in [2.45, 2.75) is 32.7 Å². The van der Waals surface area contributed by atoms with E-state index in [9.17, 15) is 9.59 Å². The summed E-state index contributed by atoms with van der Waals surface area (Å²) in [4.78, 5) is 27.6. The Morgan fingerprint density at radius 2 is 1.86 bits per heavy atom. The zero-order valence-electron chi connectivity index (χ0n) is 12.5. The number of carbonyl (C=O) groups is 2. The molecular formula is C14H21N5O2. The molecule has 3 heterocycles. The summed E-state index contributed by atoms with van der Waals surface area (Å²) < 4.78 is 1.72. The largest absolute Gasteiger partial charge is 0.338 e. The minimum absolute atomic E-state index is 0.0222. The molecule has 114 valence electrons. The minimum Gasteiger partial charge on any atom is -0.338 e. The van der Waals surface area contributed by atoms with Gasteiger partial charge in [-0.15, -0.1) is 5.10 Å². The molecule has 2 amide bonds. The highest BCUT2D eigenvalue weighted by Gasteiger charge is 2.34. The maximum absolute atomic E-state index is 12.2. The van der Waals surface area contributed by atoms with Crippen molar-refractivity contribution < 1.29 is 9.59 Å². The smallest absolute Gasteiger partial charge is 0.276 e. The Kier molecular flexibility index (Phi) is 3.65. The molecule has 21 heavy (non-hydrogen) atoms. The molecule has 2 aliphatic heterocycles. The summed E-state index contributed by atoms with van der Waals surface area (Å²) in [7, 11) is 0. The standard InChI is InChI=1S/C14H21N5O2/c1-10(2)13(20)18-7-11(8-18)19-9-12(15-16-19)14(21)17-5-3-4-6-17/h9-11H,3-8H2,1-2H3. The van der Waals surface area contributed by atoms with Gasteiger partial charge in [0.1, 0.15) is 0 Å². The highest BCUT2D eigenvalue weighted by molar-refractivity contribution is 5.92. The molecule has 0 spiro atoms. The van der Waals surface area contributed by atoms with Gasteiger partial charge in [-0.05, 0) is 12.8 Å². The van der Waals surface area contributed by atoms with Crippen molar-refractivity contribution in [3.05, 3.63) is 11.9 Å². The summed E-state index contributed by atoms with van der Waals surface area (Å²) >= 11 is 0. The van der Waals surface area contributed by atoms with Crippen molar-refractivity contribution in [1.82, 2.24) is 24.8 Å². The Morgan fingerprint density at radius 3 is 2.48 bits per heavy atom. The fourth-order valence-corrected chi connectivity index (χ4v) is 2.80. The predicted molar refractivity (Wildman–Crippen MR) is 75.6 cm³/mol. The van der Waals surface area contributed by atoms with Gasteiger partial charge in [-0.2, -0.15) is 0 Å². The molecule has 0 bridgehead atoms. The molecule has 0 N–H and O–H groups in total. The topological polar surface area (TPSA) is 71.3 Å².